The van der Waals surface area contributed by atoms with Crippen molar-refractivity contribution in [3.8, 4) is 0 Å². The van der Waals surface area contributed by atoms with Crippen LogP contribution in [-0.4, -0.2) is 56.0 Å². The summed E-state index contributed by atoms with van der Waals surface area (Å²) in [5, 5.41) is 7.00. The number of aliphatic hydroxyl groups is 1. The molecule has 149 valence electrons. The van der Waals surface area contributed by atoms with E-state index in [4.69, 9.17) is 19.3 Å². The van der Waals surface area contributed by atoms with Gasteiger partial charge in [-0.3, -0.25) is 0 Å². The van der Waals surface area contributed by atoms with Gasteiger partial charge in [0.1, 0.15) is 12.4 Å². The Morgan fingerprint density at radius 3 is 2.43 bits per heavy atom. The van der Waals surface area contributed by atoms with Gasteiger partial charge in [0.15, 0.2) is 6.10 Å². The normalized spacial score (nSPS) is 21.6. The largest absolute Gasteiger partial charge is 0.453 e. The van der Waals surface area contributed by atoms with E-state index in [1.54, 1.807) is 36.4 Å². The second-order valence-corrected chi connectivity index (χ2v) is 5.76. The molecule has 0 saturated carbocycles. The van der Waals surface area contributed by atoms with Crippen LogP contribution in [0.15, 0.2) is 54.6 Å². The molecule has 0 aromatic heterocycles. The SMILES string of the molecule is CO.O=C(O[C@@H]1CO[C@@H]2CCOC21)c1ccccc1.O=Cc1cc[c-]cc1.[V]. The average Bonchev–Trinajstić information content (AvgIpc) is 3.36. The number of aliphatic hydroxyl groups excluding tert-OH is 1. The fourth-order valence-corrected chi connectivity index (χ4v) is 2.79. The topological polar surface area (TPSA) is 82.1 Å². The Morgan fingerprint density at radius 1 is 1.14 bits per heavy atom. The van der Waals surface area contributed by atoms with E-state index in [1.165, 1.54) is 0 Å². The molecular formula is C21H23O6V-. The Bertz CT molecular complexity index is 695. The number of carbonyl (C=O) groups is 2. The van der Waals surface area contributed by atoms with Crippen LogP contribution in [0.2, 0.25) is 0 Å². The third-order valence-electron chi connectivity index (χ3n) is 4.07. The molecule has 6 nitrogen and oxygen atoms in total. The molecule has 0 spiro atoms. The maximum Gasteiger partial charge on any atom is 0.338 e. The van der Waals surface area contributed by atoms with Crippen LogP contribution >= 0.6 is 0 Å². The molecule has 2 heterocycles. The van der Waals surface area contributed by atoms with Gasteiger partial charge in [-0.25, -0.2) is 4.79 Å². The zero-order valence-electron chi connectivity index (χ0n) is 15.6. The number of esters is 1. The number of hydrogen-bond acceptors (Lipinski definition) is 6. The summed E-state index contributed by atoms with van der Waals surface area (Å²) in [6.07, 6.45) is 1.46. The van der Waals surface area contributed by atoms with Gasteiger partial charge in [0.2, 0.25) is 0 Å². The summed E-state index contributed by atoms with van der Waals surface area (Å²) < 4.78 is 16.5. The van der Waals surface area contributed by atoms with E-state index in [9.17, 15) is 9.59 Å². The fourth-order valence-electron chi connectivity index (χ4n) is 2.79. The maximum atomic E-state index is 11.9. The van der Waals surface area contributed by atoms with Crippen LogP contribution in [0.5, 0.6) is 0 Å². The van der Waals surface area contributed by atoms with E-state index in [0.717, 1.165) is 19.8 Å². The molecule has 2 aliphatic rings. The quantitative estimate of drug-likeness (QED) is 0.465. The molecule has 0 amide bonds. The minimum Gasteiger partial charge on any atom is -0.453 e. The third kappa shape index (κ3) is 6.89. The minimum absolute atomic E-state index is 0. The Balaban J connectivity index is 0.000000303. The number of carbonyl (C=O) groups excluding carboxylic acids is 2. The van der Waals surface area contributed by atoms with Crippen molar-refractivity contribution in [1.29, 1.82) is 0 Å². The van der Waals surface area contributed by atoms with Crippen molar-refractivity contribution < 1.29 is 47.5 Å². The van der Waals surface area contributed by atoms with Crippen LogP contribution in [0.3, 0.4) is 0 Å². The summed E-state index contributed by atoms with van der Waals surface area (Å²) in [6.45, 7) is 1.13. The number of rotatable bonds is 3. The number of aldehydes is 1. The summed E-state index contributed by atoms with van der Waals surface area (Å²) in [6, 6.07) is 18.6. The van der Waals surface area contributed by atoms with Gasteiger partial charge in [0.05, 0.1) is 18.3 Å². The fraction of sp³-hybridized carbons (Fsp3) is 0.333. The van der Waals surface area contributed by atoms with Gasteiger partial charge in [-0.1, -0.05) is 23.8 Å². The molecule has 2 saturated heterocycles. The third-order valence-corrected chi connectivity index (χ3v) is 4.07. The van der Waals surface area contributed by atoms with E-state index < -0.39 is 0 Å². The van der Waals surface area contributed by atoms with Gasteiger partial charge in [-0.05, 0) is 18.6 Å². The summed E-state index contributed by atoms with van der Waals surface area (Å²) in [7, 11) is 1.00. The van der Waals surface area contributed by atoms with Crippen LogP contribution in [0.4, 0.5) is 0 Å². The smallest absolute Gasteiger partial charge is 0.338 e. The summed E-state index contributed by atoms with van der Waals surface area (Å²) >= 11 is 0. The first kappa shape index (κ1) is 24.1. The Morgan fingerprint density at radius 2 is 1.82 bits per heavy atom. The van der Waals surface area contributed by atoms with Crippen LogP contribution in [0, 0.1) is 6.07 Å². The van der Waals surface area contributed by atoms with Crippen molar-refractivity contribution in [3.05, 3.63) is 71.8 Å². The number of ether oxygens (including phenoxy) is 3. The first-order valence-corrected chi connectivity index (χ1v) is 8.63. The minimum atomic E-state index is -0.310. The van der Waals surface area contributed by atoms with Gasteiger partial charge >= 0.3 is 5.97 Å². The van der Waals surface area contributed by atoms with E-state index in [2.05, 4.69) is 6.07 Å². The predicted molar refractivity (Wildman–Crippen MR) is 98.6 cm³/mol. The van der Waals surface area contributed by atoms with Gasteiger partial charge in [0, 0.05) is 32.3 Å². The average molecular weight is 422 g/mol. The molecule has 1 N–H and O–H groups in total. The molecule has 0 bridgehead atoms. The molecule has 2 aliphatic heterocycles. The summed E-state index contributed by atoms with van der Waals surface area (Å²) in [5.41, 5.74) is 1.26. The van der Waals surface area contributed by atoms with Gasteiger partial charge in [-0.2, -0.15) is 30.3 Å². The molecule has 2 fully saturated rings. The van der Waals surface area contributed by atoms with Crippen LogP contribution < -0.4 is 0 Å². The first-order valence-electron chi connectivity index (χ1n) is 8.63. The van der Waals surface area contributed by atoms with Crippen LogP contribution in [0.1, 0.15) is 27.1 Å². The molecule has 28 heavy (non-hydrogen) atoms. The predicted octanol–water partition coefficient (Wildman–Crippen LogP) is 2.30. The molecule has 7 heteroatoms. The van der Waals surface area contributed by atoms with Crippen molar-refractivity contribution in [3.63, 3.8) is 0 Å². The number of hydrogen-bond donors (Lipinski definition) is 1. The molecule has 4 rings (SSSR count). The Kier molecular flexibility index (Phi) is 11.4. The van der Waals surface area contributed by atoms with Crippen LogP contribution in [0.25, 0.3) is 0 Å². The zero-order valence-corrected chi connectivity index (χ0v) is 17.0. The zero-order chi connectivity index (χ0) is 19.5. The van der Waals surface area contributed by atoms with Crippen LogP contribution in [-0.2, 0) is 32.8 Å². The Labute approximate surface area is 176 Å². The molecule has 2 aromatic carbocycles. The summed E-state index contributed by atoms with van der Waals surface area (Å²) in [4.78, 5) is 21.8. The van der Waals surface area contributed by atoms with Crippen molar-refractivity contribution in [2.24, 2.45) is 0 Å². The standard InChI is InChI=1S/C13H14O4.C7H5O.CH4O.V/c14-13(9-4-2-1-3-5-9)17-11-8-16-10-6-7-15-12(10)11;8-6-7-4-2-1-3-5-7;1-2;/h1-5,10-12H,6-8H2;2-6H;2H,1H3;/q;-1;;/t10-,11-,12?;;;/m1.../s1. The number of fused-ring (bicyclic) bond motifs is 1. The monoisotopic (exact) mass is 422 g/mol. The molecule has 2 aromatic rings. The Hall–Kier alpha value is -1.96. The first-order chi connectivity index (χ1) is 13.3. The van der Waals surface area contributed by atoms with Crippen molar-refractivity contribution in [2.45, 2.75) is 24.7 Å². The molecule has 1 unspecified atom stereocenters. The van der Waals surface area contributed by atoms with E-state index in [1.807, 2.05) is 18.2 Å². The van der Waals surface area contributed by atoms with Gasteiger partial charge < -0.3 is 24.1 Å². The van der Waals surface area contributed by atoms with E-state index in [0.29, 0.717) is 24.3 Å². The molecular weight excluding hydrogens is 399 g/mol. The maximum absolute atomic E-state index is 11.9. The number of benzene rings is 2. The summed E-state index contributed by atoms with van der Waals surface area (Å²) in [5.74, 6) is -0.310. The van der Waals surface area contributed by atoms with Gasteiger partial charge in [0.25, 0.3) is 0 Å². The second-order valence-electron chi connectivity index (χ2n) is 5.76. The second kappa shape index (κ2) is 13.3. The molecule has 0 aliphatic carbocycles. The van der Waals surface area contributed by atoms with E-state index in [-0.39, 0.29) is 42.8 Å². The van der Waals surface area contributed by atoms with Crippen molar-refractivity contribution in [2.75, 3.05) is 20.3 Å². The van der Waals surface area contributed by atoms with E-state index >= 15 is 0 Å². The van der Waals surface area contributed by atoms with Gasteiger partial charge in [-0.15, -0.1) is 0 Å². The van der Waals surface area contributed by atoms with Crippen molar-refractivity contribution in [1.82, 2.24) is 0 Å². The van der Waals surface area contributed by atoms with Crippen molar-refractivity contribution >= 4 is 12.3 Å². The molecule has 1 radical (unpaired) electrons. The molecule has 3 atom stereocenters.